The molecule has 0 aliphatic heterocycles. The van der Waals surface area contributed by atoms with Crippen LogP contribution >= 0.6 is 33.2 Å². The Labute approximate surface area is 187 Å². The molecule has 2 atom stereocenters. The lowest BCUT2D eigenvalue weighted by atomic mass is 9.80. The summed E-state index contributed by atoms with van der Waals surface area (Å²) in [7, 11) is 3.36. The molecule has 2 heteroatoms. The molecule has 0 aliphatic carbocycles. The summed E-state index contributed by atoms with van der Waals surface area (Å²) in [5.41, 5.74) is 0. The molecule has 0 aromatic rings. The average molecular weight is 499 g/mol. The maximum absolute atomic E-state index is 3.36. The lowest BCUT2D eigenvalue weighted by Crippen LogP contribution is -2.29. The summed E-state index contributed by atoms with van der Waals surface area (Å²) in [5, 5.41) is 0.517. The topological polar surface area (TPSA) is 0 Å². The van der Waals surface area contributed by atoms with Crippen LogP contribution in [-0.4, -0.2) is 5.16 Å². The van der Waals surface area contributed by atoms with E-state index in [0.29, 0.717) is 5.16 Å². The van der Waals surface area contributed by atoms with Crippen molar-refractivity contribution in [2.45, 2.75) is 148 Å². The van der Waals surface area contributed by atoms with Crippen molar-refractivity contribution in [2.75, 3.05) is 0 Å². The van der Waals surface area contributed by atoms with Gasteiger partial charge in [-0.05, 0) is 30.3 Å². The SMILES string of the molecule is CCCCCCCC(C)C(P)(CCCCCCC)CCCCCCC.I. The number of rotatable bonds is 19. The summed E-state index contributed by atoms with van der Waals surface area (Å²) < 4.78 is 0. The predicted octanol–water partition coefficient (Wildman–Crippen LogP) is 9.94. The van der Waals surface area contributed by atoms with Gasteiger partial charge in [-0.2, -0.15) is 0 Å². The standard InChI is InChI=1S/C24H51P.HI/c1-5-8-11-14-17-20-23(4)24(25,21-18-15-12-9-6-2)22-19-16-13-10-7-3;/h23H,5-22,25H2,1-4H3;1H. The van der Waals surface area contributed by atoms with Crippen LogP contribution in [0.4, 0.5) is 0 Å². The van der Waals surface area contributed by atoms with Gasteiger partial charge in [0.25, 0.3) is 0 Å². The van der Waals surface area contributed by atoms with E-state index < -0.39 is 0 Å². The normalized spacial score (nSPS) is 12.8. The van der Waals surface area contributed by atoms with Gasteiger partial charge in [-0.15, -0.1) is 33.2 Å². The van der Waals surface area contributed by atoms with E-state index in [0.717, 1.165) is 5.92 Å². The van der Waals surface area contributed by atoms with Crippen LogP contribution in [-0.2, 0) is 0 Å². The Morgan fingerprint density at radius 2 is 0.923 bits per heavy atom. The zero-order valence-electron chi connectivity index (χ0n) is 18.8. The number of hydrogen-bond donors (Lipinski definition) is 0. The Morgan fingerprint density at radius 3 is 1.31 bits per heavy atom. The minimum Gasteiger partial charge on any atom is -0.131 e. The third kappa shape index (κ3) is 16.1. The molecule has 0 bridgehead atoms. The Kier molecular flexibility index (Phi) is 23.6. The van der Waals surface area contributed by atoms with Gasteiger partial charge in [-0.25, -0.2) is 0 Å². The lowest BCUT2D eigenvalue weighted by molar-refractivity contribution is 0.311. The first-order chi connectivity index (χ1) is 12.1. The van der Waals surface area contributed by atoms with Crippen molar-refractivity contribution < 1.29 is 0 Å². The van der Waals surface area contributed by atoms with Crippen LogP contribution in [0.5, 0.6) is 0 Å². The van der Waals surface area contributed by atoms with E-state index in [-0.39, 0.29) is 24.0 Å². The zero-order chi connectivity index (χ0) is 18.8. The highest BCUT2D eigenvalue weighted by Crippen LogP contribution is 2.41. The molecule has 0 aromatic carbocycles. The van der Waals surface area contributed by atoms with Gasteiger partial charge >= 0.3 is 0 Å². The van der Waals surface area contributed by atoms with E-state index in [1.807, 2.05) is 0 Å². The molecule has 0 spiro atoms. The Morgan fingerprint density at radius 1 is 0.577 bits per heavy atom. The van der Waals surface area contributed by atoms with E-state index in [1.165, 1.54) is 116 Å². The summed E-state index contributed by atoms with van der Waals surface area (Å²) in [5.74, 6) is 0.872. The summed E-state index contributed by atoms with van der Waals surface area (Å²) in [4.78, 5) is 0. The molecule has 0 nitrogen and oxygen atoms in total. The monoisotopic (exact) mass is 498 g/mol. The highest BCUT2D eigenvalue weighted by molar-refractivity contribution is 14.0. The van der Waals surface area contributed by atoms with Crippen molar-refractivity contribution in [1.82, 2.24) is 0 Å². The van der Waals surface area contributed by atoms with Crippen LogP contribution < -0.4 is 0 Å². The largest absolute Gasteiger partial charge is 0.131 e. The van der Waals surface area contributed by atoms with Gasteiger partial charge in [0.1, 0.15) is 0 Å². The molecule has 160 valence electrons. The van der Waals surface area contributed by atoms with E-state index in [1.54, 1.807) is 0 Å². The van der Waals surface area contributed by atoms with Crippen LogP contribution in [0.25, 0.3) is 0 Å². The van der Waals surface area contributed by atoms with Gasteiger partial charge in [0.2, 0.25) is 0 Å². The summed E-state index contributed by atoms with van der Waals surface area (Å²) >= 11 is 0. The third-order valence-corrected chi connectivity index (χ3v) is 7.36. The van der Waals surface area contributed by atoms with Crippen molar-refractivity contribution in [3.05, 3.63) is 0 Å². The van der Waals surface area contributed by atoms with Crippen LogP contribution in [0.1, 0.15) is 143 Å². The molecule has 0 fully saturated rings. The molecule has 0 amide bonds. The second-order valence-electron chi connectivity index (χ2n) is 8.67. The third-order valence-electron chi connectivity index (χ3n) is 6.21. The van der Waals surface area contributed by atoms with Crippen molar-refractivity contribution in [1.29, 1.82) is 0 Å². The molecule has 0 heterocycles. The smallest absolute Gasteiger partial charge is 0.0125 e. The molecule has 0 radical (unpaired) electrons. The second-order valence-corrected chi connectivity index (χ2v) is 9.82. The highest BCUT2D eigenvalue weighted by Gasteiger charge is 2.29. The minimum absolute atomic E-state index is 0. The summed E-state index contributed by atoms with van der Waals surface area (Å²) in [6.07, 6.45) is 25.7. The Hall–Kier alpha value is 1.16. The van der Waals surface area contributed by atoms with E-state index in [4.69, 9.17) is 0 Å². The van der Waals surface area contributed by atoms with Crippen molar-refractivity contribution in [2.24, 2.45) is 5.92 Å². The maximum Gasteiger partial charge on any atom is -0.0125 e. The predicted molar refractivity (Wildman–Crippen MR) is 137 cm³/mol. The van der Waals surface area contributed by atoms with Gasteiger partial charge in [0.15, 0.2) is 0 Å². The minimum atomic E-state index is 0. The molecule has 0 aromatic heterocycles. The molecule has 0 N–H and O–H groups in total. The Balaban J connectivity index is 0. The number of halogens is 1. The first kappa shape index (κ1) is 29.4. The average Bonchev–Trinajstić information content (AvgIpc) is 2.61. The number of hydrogen-bond acceptors (Lipinski definition) is 0. The van der Waals surface area contributed by atoms with Gasteiger partial charge in [-0.1, -0.05) is 124 Å². The van der Waals surface area contributed by atoms with Crippen LogP contribution in [0.15, 0.2) is 0 Å². The van der Waals surface area contributed by atoms with E-state index >= 15 is 0 Å². The molecule has 0 aliphatic rings. The first-order valence-electron chi connectivity index (χ1n) is 11.9. The van der Waals surface area contributed by atoms with Crippen LogP contribution in [0.2, 0.25) is 0 Å². The fourth-order valence-corrected chi connectivity index (χ4v) is 4.65. The molecule has 0 saturated carbocycles. The van der Waals surface area contributed by atoms with Crippen molar-refractivity contribution >= 4 is 33.2 Å². The fraction of sp³-hybridized carbons (Fsp3) is 1.00. The molecule has 0 saturated heterocycles. The molecule has 26 heavy (non-hydrogen) atoms. The molecule has 2 unspecified atom stereocenters. The van der Waals surface area contributed by atoms with E-state index in [9.17, 15) is 0 Å². The highest BCUT2D eigenvalue weighted by atomic mass is 127. The van der Waals surface area contributed by atoms with Crippen molar-refractivity contribution in [3.63, 3.8) is 0 Å². The second kappa shape index (κ2) is 20.9. The Bertz CT molecular complexity index is 253. The maximum atomic E-state index is 3.36. The quantitative estimate of drug-likeness (QED) is 0.0944. The first-order valence-corrected chi connectivity index (χ1v) is 12.5. The van der Waals surface area contributed by atoms with Gasteiger partial charge in [0, 0.05) is 0 Å². The van der Waals surface area contributed by atoms with E-state index in [2.05, 4.69) is 36.9 Å². The summed E-state index contributed by atoms with van der Waals surface area (Å²) in [6, 6.07) is 0. The van der Waals surface area contributed by atoms with Gasteiger partial charge in [-0.3, -0.25) is 0 Å². The van der Waals surface area contributed by atoms with Crippen LogP contribution in [0.3, 0.4) is 0 Å². The molecule has 0 rings (SSSR count). The van der Waals surface area contributed by atoms with Gasteiger partial charge in [0.05, 0.1) is 0 Å². The van der Waals surface area contributed by atoms with Gasteiger partial charge < -0.3 is 0 Å². The fourth-order valence-electron chi connectivity index (χ4n) is 4.07. The number of unbranched alkanes of at least 4 members (excludes halogenated alkanes) is 12. The molecular formula is C24H52IP. The van der Waals surface area contributed by atoms with Crippen LogP contribution in [0, 0.1) is 5.92 Å². The molecular weight excluding hydrogens is 446 g/mol. The summed E-state index contributed by atoms with van der Waals surface area (Å²) in [6.45, 7) is 9.49. The van der Waals surface area contributed by atoms with Crippen molar-refractivity contribution in [3.8, 4) is 0 Å². The lowest BCUT2D eigenvalue weighted by Gasteiger charge is -2.36. The zero-order valence-corrected chi connectivity index (χ0v) is 22.3.